The lowest BCUT2D eigenvalue weighted by atomic mass is 10.2. The van der Waals surface area contributed by atoms with E-state index in [4.69, 9.17) is 31.9 Å². The molecule has 0 radical (unpaired) electrons. The summed E-state index contributed by atoms with van der Waals surface area (Å²) in [4.78, 5) is 29.3. The number of esters is 1. The zero-order valence-corrected chi connectivity index (χ0v) is 13.1. The van der Waals surface area contributed by atoms with Crippen LogP contribution in [0.2, 0.25) is 5.02 Å². The summed E-state index contributed by atoms with van der Waals surface area (Å²) in [5.41, 5.74) is 6.07. The van der Waals surface area contributed by atoms with Gasteiger partial charge in [-0.1, -0.05) is 36.7 Å². The number of carbonyl (C=O) groups excluding carboxylic acids is 1. The Hall–Kier alpha value is -1.33. The van der Waals surface area contributed by atoms with Crippen molar-refractivity contribution in [3.63, 3.8) is 0 Å². The highest BCUT2D eigenvalue weighted by Crippen LogP contribution is 2.37. The van der Waals surface area contributed by atoms with Crippen LogP contribution >= 0.6 is 19.2 Å². The molecule has 0 saturated carbocycles. The van der Waals surface area contributed by atoms with E-state index in [0.717, 1.165) is 0 Å². The van der Waals surface area contributed by atoms with Gasteiger partial charge in [-0.05, 0) is 23.6 Å². The molecule has 0 aliphatic carbocycles. The maximum Gasteiger partial charge on any atom is 0.354 e. The first-order valence-corrected chi connectivity index (χ1v) is 8.28. The highest BCUT2D eigenvalue weighted by atomic mass is 35.5. The van der Waals surface area contributed by atoms with Crippen LogP contribution in [-0.2, 0) is 20.7 Å². The average Bonchev–Trinajstić information content (AvgIpc) is 2.33. The maximum absolute atomic E-state index is 11.7. The quantitative estimate of drug-likeness (QED) is 0.417. The molecule has 6 nitrogen and oxygen atoms in total. The van der Waals surface area contributed by atoms with Gasteiger partial charge in [0.1, 0.15) is 12.3 Å². The van der Waals surface area contributed by atoms with Gasteiger partial charge in [0.25, 0.3) is 0 Å². The molecule has 1 rings (SSSR count). The molecular formula is C13H17ClNO5P. The van der Waals surface area contributed by atoms with Crippen molar-refractivity contribution in [2.45, 2.75) is 13.5 Å². The predicted octanol–water partition coefficient (Wildman–Crippen LogP) is 2.04. The number of nitrogens with two attached hydrogens (primary N) is 1. The summed E-state index contributed by atoms with van der Waals surface area (Å²) in [6, 6.07) is 6.83. The third kappa shape index (κ3) is 7.29. The van der Waals surface area contributed by atoms with Gasteiger partial charge in [0, 0.05) is 5.02 Å². The summed E-state index contributed by atoms with van der Waals surface area (Å²) in [5.74, 6) is -1.28. The normalized spacial score (nSPS) is 13.8. The van der Waals surface area contributed by atoms with E-state index in [2.05, 4.69) is 0 Å². The van der Waals surface area contributed by atoms with Gasteiger partial charge >= 0.3 is 13.6 Å². The lowest BCUT2D eigenvalue weighted by Gasteiger charge is -2.10. The van der Waals surface area contributed by atoms with E-state index >= 15 is 0 Å². The van der Waals surface area contributed by atoms with Crippen molar-refractivity contribution in [2.75, 3.05) is 6.16 Å². The molecule has 1 aromatic rings. The van der Waals surface area contributed by atoms with E-state index < -0.39 is 19.5 Å². The van der Waals surface area contributed by atoms with Crippen molar-refractivity contribution in [2.24, 2.45) is 11.7 Å². The fourth-order valence-electron chi connectivity index (χ4n) is 1.66. The number of halogens is 1. The number of carbonyl (C=O) groups is 1. The molecule has 0 heterocycles. The second-order valence-electron chi connectivity index (χ2n) is 4.65. The minimum absolute atomic E-state index is 0.0147. The summed E-state index contributed by atoms with van der Waals surface area (Å²) in [6.07, 6.45) is 0.897. The molecule has 0 aromatic heterocycles. The predicted molar refractivity (Wildman–Crippen MR) is 79.6 cm³/mol. The molecule has 1 atom stereocenters. The van der Waals surface area contributed by atoms with Gasteiger partial charge in [0.2, 0.25) is 0 Å². The SMILES string of the molecule is CC(/C=C(/N)C(=O)OCc1cccc(Cl)c1)CP(=O)(O)O. The molecule has 4 N–H and O–H groups in total. The summed E-state index contributed by atoms with van der Waals surface area (Å²) in [5, 5.41) is 0.530. The molecule has 0 spiro atoms. The van der Waals surface area contributed by atoms with Crippen molar-refractivity contribution in [3.8, 4) is 0 Å². The number of ether oxygens (including phenoxy) is 1. The monoisotopic (exact) mass is 333 g/mol. The molecule has 0 bridgehead atoms. The van der Waals surface area contributed by atoms with E-state index in [1.807, 2.05) is 0 Å². The molecule has 1 aromatic carbocycles. The highest BCUT2D eigenvalue weighted by molar-refractivity contribution is 7.51. The van der Waals surface area contributed by atoms with Crippen molar-refractivity contribution in [3.05, 3.63) is 46.6 Å². The Balaban J connectivity index is 2.56. The summed E-state index contributed by atoms with van der Waals surface area (Å²) in [7, 11) is -4.14. The van der Waals surface area contributed by atoms with Gasteiger partial charge in [-0.15, -0.1) is 0 Å². The van der Waals surface area contributed by atoms with Crippen LogP contribution in [-0.4, -0.2) is 21.9 Å². The largest absolute Gasteiger partial charge is 0.456 e. The highest BCUT2D eigenvalue weighted by Gasteiger charge is 2.18. The number of benzene rings is 1. The van der Waals surface area contributed by atoms with E-state index in [1.54, 1.807) is 31.2 Å². The molecule has 1 unspecified atom stereocenters. The van der Waals surface area contributed by atoms with Crippen LogP contribution in [0.1, 0.15) is 12.5 Å². The average molecular weight is 334 g/mol. The number of rotatable bonds is 6. The van der Waals surface area contributed by atoms with Crippen LogP contribution < -0.4 is 5.73 Å². The molecular weight excluding hydrogens is 317 g/mol. The lowest BCUT2D eigenvalue weighted by Crippen LogP contribution is -2.16. The molecule has 8 heteroatoms. The summed E-state index contributed by atoms with van der Waals surface area (Å²) < 4.78 is 15.8. The number of hydrogen-bond donors (Lipinski definition) is 3. The third-order valence-electron chi connectivity index (χ3n) is 2.48. The Morgan fingerprint density at radius 1 is 1.52 bits per heavy atom. The fraction of sp³-hybridized carbons (Fsp3) is 0.308. The second kappa shape index (κ2) is 7.61. The summed E-state index contributed by atoms with van der Waals surface area (Å²) >= 11 is 5.80. The standard InChI is InChI=1S/C13H17ClNO5P/c1-9(8-21(17,18)19)5-12(15)13(16)20-7-10-3-2-4-11(14)6-10/h2-6,9H,7-8,15H2,1H3,(H2,17,18,19)/b12-5+. The first-order chi connectivity index (χ1) is 9.67. The van der Waals surface area contributed by atoms with E-state index in [1.165, 1.54) is 6.08 Å². The Morgan fingerprint density at radius 2 is 2.19 bits per heavy atom. The Kier molecular flexibility index (Phi) is 6.42. The summed E-state index contributed by atoms with van der Waals surface area (Å²) in [6.45, 7) is 1.57. The van der Waals surface area contributed by atoms with Gasteiger partial charge in [-0.3, -0.25) is 4.57 Å². The Bertz CT molecular complexity index is 584. The van der Waals surface area contributed by atoms with Crippen molar-refractivity contribution in [1.29, 1.82) is 0 Å². The van der Waals surface area contributed by atoms with Crippen LogP contribution in [0.25, 0.3) is 0 Å². The van der Waals surface area contributed by atoms with Gasteiger partial charge < -0.3 is 20.3 Å². The van der Waals surface area contributed by atoms with Crippen LogP contribution in [0.15, 0.2) is 36.0 Å². The Morgan fingerprint density at radius 3 is 2.76 bits per heavy atom. The topological polar surface area (TPSA) is 110 Å². The van der Waals surface area contributed by atoms with E-state index in [9.17, 15) is 9.36 Å². The molecule has 0 saturated heterocycles. The molecule has 0 amide bonds. The smallest absolute Gasteiger partial charge is 0.354 e. The molecule has 0 fully saturated rings. The minimum atomic E-state index is -4.14. The maximum atomic E-state index is 11.7. The number of hydrogen-bond acceptors (Lipinski definition) is 4. The van der Waals surface area contributed by atoms with Crippen molar-refractivity contribution >= 4 is 25.2 Å². The van der Waals surface area contributed by atoms with Crippen LogP contribution in [0.4, 0.5) is 0 Å². The van der Waals surface area contributed by atoms with E-state index in [0.29, 0.717) is 10.6 Å². The van der Waals surface area contributed by atoms with Crippen LogP contribution in [0, 0.1) is 5.92 Å². The molecule has 21 heavy (non-hydrogen) atoms. The van der Waals surface area contributed by atoms with E-state index in [-0.39, 0.29) is 18.5 Å². The Labute approximate surface area is 127 Å². The molecule has 0 aliphatic rings. The molecule has 116 valence electrons. The van der Waals surface area contributed by atoms with Crippen LogP contribution in [0.5, 0.6) is 0 Å². The first-order valence-electron chi connectivity index (χ1n) is 6.11. The first kappa shape index (κ1) is 17.7. The van der Waals surface area contributed by atoms with Crippen molar-refractivity contribution in [1.82, 2.24) is 0 Å². The van der Waals surface area contributed by atoms with Gasteiger partial charge in [0.05, 0.1) is 6.16 Å². The van der Waals surface area contributed by atoms with Crippen LogP contribution in [0.3, 0.4) is 0 Å². The minimum Gasteiger partial charge on any atom is -0.456 e. The fourth-order valence-corrected chi connectivity index (χ4v) is 2.73. The van der Waals surface area contributed by atoms with Gasteiger partial charge in [-0.2, -0.15) is 0 Å². The molecule has 0 aliphatic heterocycles. The van der Waals surface area contributed by atoms with Gasteiger partial charge in [0.15, 0.2) is 0 Å². The zero-order chi connectivity index (χ0) is 16.0. The number of allylic oxidation sites excluding steroid dienone is 1. The lowest BCUT2D eigenvalue weighted by molar-refractivity contribution is -0.140. The zero-order valence-electron chi connectivity index (χ0n) is 11.4. The second-order valence-corrected chi connectivity index (χ2v) is 6.78. The van der Waals surface area contributed by atoms with Crippen molar-refractivity contribution < 1.29 is 23.9 Å². The van der Waals surface area contributed by atoms with Gasteiger partial charge in [-0.25, -0.2) is 4.79 Å². The third-order valence-corrected chi connectivity index (χ3v) is 3.77.